The van der Waals surface area contributed by atoms with Crippen molar-refractivity contribution in [2.75, 3.05) is 18.5 Å². The molecule has 2 aromatic heterocycles. The van der Waals surface area contributed by atoms with Crippen LogP contribution >= 0.6 is 0 Å². The van der Waals surface area contributed by atoms with Crippen molar-refractivity contribution in [1.82, 2.24) is 20.1 Å². The summed E-state index contributed by atoms with van der Waals surface area (Å²) in [7, 11) is 0. The summed E-state index contributed by atoms with van der Waals surface area (Å²) in [5, 5.41) is 7.53. The van der Waals surface area contributed by atoms with Gasteiger partial charge in [0.1, 0.15) is 18.2 Å². The number of benzene rings is 1. The van der Waals surface area contributed by atoms with E-state index in [0.29, 0.717) is 41.6 Å². The van der Waals surface area contributed by atoms with Gasteiger partial charge in [0.2, 0.25) is 5.89 Å². The lowest BCUT2D eigenvalue weighted by Crippen LogP contribution is -2.27. The van der Waals surface area contributed by atoms with Gasteiger partial charge in [-0.25, -0.2) is 18.7 Å². The maximum Gasteiger partial charge on any atom is 0.249 e. The third-order valence-electron chi connectivity index (χ3n) is 4.52. The lowest BCUT2D eigenvalue weighted by atomic mass is 9.91. The fourth-order valence-corrected chi connectivity index (χ4v) is 3.18. The van der Waals surface area contributed by atoms with Crippen LogP contribution < -0.4 is 5.32 Å². The van der Waals surface area contributed by atoms with Crippen molar-refractivity contribution < 1.29 is 18.0 Å². The third kappa shape index (κ3) is 3.22. The molecule has 1 N–H and O–H groups in total. The predicted octanol–water partition coefficient (Wildman–Crippen LogP) is 3.18. The van der Waals surface area contributed by atoms with Gasteiger partial charge < -0.3 is 14.6 Å². The summed E-state index contributed by atoms with van der Waals surface area (Å²) < 4.78 is 38.0. The van der Waals surface area contributed by atoms with Crippen LogP contribution in [0.25, 0.3) is 10.9 Å². The van der Waals surface area contributed by atoms with Gasteiger partial charge in [0, 0.05) is 24.7 Å². The molecular formula is C17H17F2N5O2. The van der Waals surface area contributed by atoms with Gasteiger partial charge in [-0.3, -0.25) is 0 Å². The Balaban J connectivity index is 1.73. The molecule has 1 atom stereocenters. The van der Waals surface area contributed by atoms with E-state index in [1.165, 1.54) is 6.33 Å². The summed E-state index contributed by atoms with van der Waals surface area (Å²) >= 11 is 0. The summed E-state index contributed by atoms with van der Waals surface area (Å²) in [4.78, 5) is 12.6. The molecule has 0 bridgehead atoms. The number of ether oxygens (including phenoxy) is 1. The second kappa shape index (κ2) is 6.91. The van der Waals surface area contributed by atoms with E-state index in [0.717, 1.165) is 25.0 Å². The lowest BCUT2D eigenvalue weighted by molar-refractivity contribution is 0.0571. The molecule has 1 aromatic carbocycles. The molecule has 9 heteroatoms. The zero-order valence-electron chi connectivity index (χ0n) is 14.1. The number of nitrogens with zero attached hydrogens (tertiary/aromatic N) is 4. The molecule has 1 aliphatic heterocycles. The summed E-state index contributed by atoms with van der Waals surface area (Å²) in [6, 6.07) is 1.83. The number of nitrogens with one attached hydrogen (secondary N) is 1. The van der Waals surface area contributed by atoms with Crippen LogP contribution in [0.1, 0.15) is 30.6 Å². The standard InChI is InChI=1S/C17H17F2N5O2/c1-9-22-17(26-24-9)15(10-2-4-25-5-3-10)23-16-11-6-12(18)13(19)7-14(11)20-8-21-16/h6-8,10,15H,2-5H2,1H3,(H,20,21,23). The van der Waals surface area contributed by atoms with Gasteiger partial charge in [-0.05, 0) is 31.7 Å². The number of fused-ring (bicyclic) bond motifs is 1. The van der Waals surface area contributed by atoms with E-state index in [9.17, 15) is 8.78 Å². The van der Waals surface area contributed by atoms with Crippen LogP contribution in [0.3, 0.4) is 0 Å². The van der Waals surface area contributed by atoms with Gasteiger partial charge >= 0.3 is 0 Å². The molecule has 4 rings (SSSR count). The van der Waals surface area contributed by atoms with Gasteiger partial charge in [0.05, 0.1) is 5.52 Å². The Morgan fingerprint density at radius 2 is 1.92 bits per heavy atom. The second-order valence-corrected chi connectivity index (χ2v) is 6.26. The van der Waals surface area contributed by atoms with Crippen LogP contribution in [0, 0.1) is 24.5 Å². The van der Waals surface area contributed by atoms with Crippen LogP contribution in [0.4, 0.5) is 14.6 Å². The van der Waals surface area contributed by atoms with Crippen LogP contribution in [0.5, 0.6) is 0 Å². The summed E-state index contributed by atoms with van der Waals surface area (Å²) in [5.74, 6) is -0.370. The molecule has 3 heterocycles. The Morgan fingerprint density at radius 3 is 2.65 bits per heavy atom. The molecule has 0 spiro atoms. The molecule has 0 radical (unpaired) electrons. The van der Waals surface area contributed by atoms with Crippen molar-refractivity contribution in [2.24, 2.45) is 5.92 Å². The topological polar surface area (TPSA) is 86.0 Å². The van der Waals surface area contributed by atoms with Gasteiger partial charge in [-0.1, -0.05) is 5.16 Å². The molecule has 1 aliphatic rings. The van der Waals surface area contributed by atoms with Crippen LogP contribution in [-0.4, -0.2) is 33.3 Å². The fourth-order valence-electron chi connectivity index (χ4n) is 3.18. The van der Waals surface area contributed by atoms with Gasteiger partial charge in [-0.2, -0.15) is 4.98 Å². The number of rotatable bonds is 4. The highest BCUT2D eigenvalue weighted by molar-refractivity contribution is 5.89. The van der Waals surface area contributed by atoms with E-state index in [2.05, 4.69) is 25.4 Å². The molecule has 26 heavy (non-hydrogen) atoms. The highest BCUT2D eigenvalue weighted by atomic mass is 19.2. The largest absolute Gasteiger partial charge is 0.381 e. The molecule has 7 nitrogen and oxygen atoms in total. The summed E-state index contributed by atoms with van der Waals surface area (Å²) in [6.07, 6.45) is 2.93. The summed E-state index contributed by atoms with van der Waals surface area (Å²) in [6.45, 7) is 3.02. The molecule has 1 saturated heterocycles. The van der Waals surface area contributed by atoms with Gasteiger partial charge in [-0.15, -0.1) is 0 Å². The van der Waals surface area contributed by atoms with E-state index in [1.807, 2.05) is 0 Å². The smallest absolute Gasteiger partial charge is 0.249 e. The molecule has 0 amide bonds. The number of hydrogen-bond acceptors (Lipinski definition) is 7. The first-order chi connectivity index (χ1) is 12.6. The normalized spacial score (nSPS) is 16.7. The number of anilines is 1. The minimum atomic E-state index is -0.952. The number of halogens is 2. The highest BCUT2D eigenvalue weighted by Gasteiger charge is 2.30. The molecule has 3 aromatic rings. The number of aryl methyl sites for hydroxylation is 1. The zero-order chi connectivity index (χ0) is 18.1. The first-order valence-corrected chi connectivity index (χ1v) is 8.36. The molecule has 0 aliphatic carbocycles. The molecule has 136 valence electrons. The van der Waals surface area contributed by atoms with Crippen molar-refractivity contribution >= 4 is 16.7 Å². The van der Waals surface area contributed by atoms with E-state index >= 15 is 0 Å². The van der Waals surface area contributed by atoms with Crippen molar-refractivity contribution in [3.05, 3.63) is 41.8 Å². The van der Waals surface area contributed by atoms with Crippen LogP contribution in [-0.2, 0) is 4.74 Å². The molecule has 0 saturated carbocycles. The first-order valence-electron chi connectivity index (χ1n) is 8.36. The molecule has 1 unspecified atom stereocenters. The monoisotopic (exact) mass is 361 g/mol. The minimum Gasteiger partial charge on any atom is -0.381 e. The van der Waals surface area contributed by atoms with Crippen molar-refractivity contribution in [2.45, 2.75) is 25.8 Å². The van der Waals surface area contributed by atoms with Crippen molar-refractivity contribution in [1.29, 1.82) is 0 Å². The van der Waals surface area contributed by atoms with E-state index in [1.54, 1.807) is 6.92 Å². The Labute approximate surface area is 147 Å². The lowest BCUT2D eigenvalue weighted by Gasteiger charge is -2.29. The Morgan fingerprint density at radius 1 is 1.15 bits per heavy atom. The zero-order valence-corrected chi connectivity index (χ0v) is 14.1. The maximum atomic E-state index is 13.7. The molecular weight excluding hydrogens is 344 g/mol. The van der Waals surface area contributed by atoms with E-state index < -0.39 is 11.6 Å². The average Bonchev–Trinajstić information content (AvgIpc) is 3.08. The quantitative estimate of drug-likeness (QED) is 0.764. The SMILES string of the molecule is Cc1noc(C(Nc2ncnc3cc(F)c(F)cc23)C2CCOCC2)n1. The Hall–Kier alpha value is -2.68. The Kier molecular flexibility index (Phi) is 4.46. The van der Waals surface area contributed by atoms with E-state index in [-0.39, 0.29) is 12.0 Å². The third-order valence-corrected chi connectivity index (χ3v) is 4.52. The number of hydrogen-bond donors (Lipinski definition) is 1. The predicted molar refractivity (Wildman–Crippen MR) is 88.4 cm³/mol. The maximum absolute atomic E-state index is 13.7. The van der Waals surface area contributed by atoms with Gasteiger partial charge in [0.15, 0.2) is 17.5 Å². The minimum absolute atomic E-state index is 0.180. The van der Waals surface area contributed by atoms with Crippen molar-refractivity contribution in [3.8, 4) is 0 Å². The fraction of sp³-hybridized carbons (Fsp3) is 0.412. The van der Waals surface area contributed by atoms with Crippen LogP contribution in [0.15, 0.2) is 23.0 Å². The van der Waals surface area contributed by atoms with Gasteiger partial charge in [0.25, 0.3) is 0 Å². The highest BCUT2D eigenvalue weighted by Crippen LogP contribution is 2.34. The van der Waals surface area contributed by atoms with E-state index in [4.69, 9.17) is 9.26 Å². The van der Waals surface area contributed by atoms with Crippen LogP contribution in [0.2, 0.25) is 0 Å². The van der Waals surface area contributed by atoms with Crippen molar-refractivity contribution in [3.63, 3.8) is 0 Å². The number of aromatic nitrogens is 4. The second-order valence-electron chi connectivity index (χ2n) is 6.26. The molecule has 1 fully saturated rings. The Bertz CT molecular complexity index is 927. The first kappa shape index (κ1) is 16.8. The average molecular weight is 361 g/mol. The summed E-state index contributed by atoms with van der Waals surface area (Å²) in [5.41, 5.74) is 0.314.